The first kappa shape index (κ1) is 18.3. The van der Waals surface area contributed by atoms with Gasteiger partial charge in [-0.25, -0.2) is 4.79 Å². The smallest absolute Gasteiger partial charge is 0.328 e. The van der Waals surface area contributed by atoms with Gasteiger partial charge < -0.3 is 19.1 Å². The van der Waals surface area contributed by atoms with Crippen LogP contribution >= 0.6 is 11.3 Å². The summed E-state index contributed by atoms with van der Waals surface area (Å²) in [7, 11) is 2.96. The number of carbonyl (C=O) groups is 2. The van der Waals surface area contributed by atoms with Crippen LogP contribution in [0.2, 0.25) is 0 Å². The van der Waals surface area contributed by atoms with E-state index in [-0.39, 0.29) is 11.9 Å². The molecule has 1 aliphatic heterocycles. The van der Waals surface area contributed by atoms with Gasteiger partial charge in [-0.05, 0) is 36.4 Å². The Morgan fingerprint density at radius 3 is 2.81 bits per heavy atom. The van der Waals surface area contributed by atoms with Gasteiger partial charge in [-0.1, -0.05) is 6.07 Å². The standard InChI is InChI=1S/C19H21NO5S/c1-23-14-5-3-6-15(10-14)25-11-13-9-17(26-12-13)18(21)20-8-4-7-16(20)19(22)24-2/h3,5-6,9-10,12,16H,4,7-8,11H2,1-2H3. The van der Waals surface area contributed by atoms with E-state index in [2.05, 4.69) is 0 Å². The third kappa shape index (κ3) is 3.99. The van der Waals surface area contributed by atoms with Crippen molar-refractivity contribution >= 4 is 23.2 Å². The molecular weight excluding hydrogens is 354 g/mol. The van der Waals surface area contributed by atoms with E-state index in [4.69, 9.17) is 14.2 Å². The van der Waals surface area contributed by atoms with Crippen molar-refractivity contribution in [1.82, 2.24) is 4.90 Å². The summed E-state index contributed by atoms with van der Waals surface area (Å²) in [4.78, 5) is 26.8. The molecule has 0 aliphatic carbocycles. The summed E-state index contributed by atoms with van der Waals surface area (Å²) < 4.78 is 15.7. The number of likely N-dealkylation sites (tertiary alicyclic amines) is 1. The first-order valence-electron chi connectivity index (χ1n) is 8.35. The second-order valence-corrected chi connectivity index (χ2v) is 6.88. The van der Waals surface area contributed by atoms with E-state index in [1.807, 2.05) is 35.7 Å². The average Bonchev–Trinajstić information content (AvgIpc) is 3.35. The van der Waals surface area contributed by atoms with Gasteiger partial charge in [0.05, 0.1) is 19.1 Å². The maximum atomic E-state index is 12.7. The zero-order chi connectivity index (χ0) is 18.5. The van der Waals surface area contributed by atoms with Crippen molar-refractivity contribution in [2.45, 2.75) is 25.5 Å². The molecule has 1 saturated heterocycles. The lowest BCUT2D eigenvalue weighted by atomic mass is 10.2. The summed E-state index contributed by atoms with van der Waals surface area (Å²) in [6, 6.07) is 8.71. The summed E-state index contributed by atoms with van der Waals surface area (Å²) in [5.74, 6) is 0.949. The number of hydrogen-bond donors (Lipinski definition) is 0. The van der Waals surface area contributed by atoms with E-state index in [1.54, 1.807) is 12.0 Å². The predicted molar refractivity (Wildman–Crippen MR) is 97.7 cm³/mol. The fourth-order valence-electron chi connectivity index (χ4n) is 2.95. The molecule has 6 nitrogen and oxygen atoms in total. The van der Waals surface area contributed by atoms with Gasteiger partial charge in [0, 0.05) is 18.2 Å². The number of nitrogens with zero attached hydrogens (tertiary/aromatic N) is 1. The quantitative estimate of drug-likeness (QED) is 0.726. The van der Waals surface area contributed by atoms with Crippen LogP contribution in [0.4, 0.5) is 0 Å². The van der Waals surface area contributed by atoms with Crippen molar-refractivity contribution in [3.63, 3.8) is 0 Å². The minimum atomic E-state index is -0.480. The number of esters is 1. The Balaban J connectivity index is 1.63. The highest BCUT2D eigenvalue weighted by molar-refractivity contribution is 7.12. The van der Waals surface area contributed by atoms with Crippen LogP contribution in [0.1, 0.15) is 28.1 Å². The van der Waals surface area contributed by atoms with Crippen molar-refractivity contribution in [2.75, 3.05) is 20.8 Å². The van der Waals surface area contributed by atoms with Gasteiger partial charge in [0.2, 0.25) is 0 Å². The summed E-state index contributed by atoms with van der Waals surface area (Å²) in [5, 5.41) is 1.90. The molecule has 2 aromatic rings. The topological polar surface area (TPSA) is 65.1 Å². The van der Waals surface area contributed by atoms with Gasteiger partial charge >= 0.3 is 5.97 Å². The Morgan fingerprint density at radius 1 is 1.23 bits per heavy atom. The Labute approximate surface area is 156 Å². The lowest BCUT2D eigenvalue weighted by Gasteiger charge is -2.21. The van der Waals surface area contributed by atoms with Gasteiger partial charge in [0.15, 0.2) is 0 Å². The van der Waals surface area contributed by atoms with Crippen LogP contribution in [0.3, 0.4) is 0 Å². The monoisotopic (exact) mass is 375 g/mol. The molecule has 0 bridgehead atoms. The average molecular weight is 375 g/mol. The lowest BCUT2D eigenvalue weighted by Crippen LogP contribution is -2.40. The van der Waals surface area contributed by atoms with E-state index in [9.17, 15) is 9.59 Å². The first-order chi connectivity index (χ1) is 12.6. The normalized spacial score (nSPS) is 16.4. The molecular formula is C19H21NO5S. The molecule has 1 aromatic carbocycles. The van der Waals surface area contributed by atoms with E-state index in [1.165, 1.54) is 18.4 Å². The molecule has 1 amide bonds. The molecule has 0 radical (unpaired) electrons. The van der Waals surface area contributed by atoms with Crippen molar-refractivity contribution in [2.24, 2.45) is 0 Å². The number of rotatable bonds is 6. The number of benzene rings is 1. The van der Waals surface area contributed by atoms with Crippen molar-refractivity contribution in [3.8, 4) is 11.5 Å². The van der Waals surface area contributed by atoms with Gasteiger partial charge in [0.25, 0.3) is 5.91 Å². The van der Waals surface area contributed by atoms with E-state index < -0.39 is 6.04 Å². The first-order valence-corrected chi connectivity index (χ1v) is 9.23. The van der Waals surface area contributed by atoms with Crippen LogP contribution < -0.4 is 9.47 Å². The molecule has 0 saturated carbocycles. The van der Waals surface area contributed by atoms with Gasteiger partial charge in [0.1, 0.15) is 24.1 Å². The Kier molecular flexibility index (Phi) is 5.78. The van der Waals surface area contributed by atoms with Crippen LogP contribution in [0.15, 0.2) is 35.7 Å². The van der Waals surface area contributed by atoms with Crippen LogP contribution in [-0.2, 0) is 16.1 Å². The Hall–Kier alpha value is -2.54. The molecule has 0 N–H and O–H groups in total. The van der Waals surface area contributed by atoms with Crippen LogP contribution in [0.5, 0.6) is 11.5 Å². The lowest BCUT2D eigenvalue weighted by molar-refractivity contribution is -0.145. The second kappa shape index (κ2) is 8.23. The van der Waals surface area contributed by atoms with Gasteiger partial charge in [-0.15, -0.1) is 11.3 Å². The number of amides is 1. The molecule has 138 valence electrons. The van der Waals surface area contributed by atoms with Crippen molar-refractivity contribution in [3.05, 3.63) is 46.2 Å². The van der Waals surface area contributed by atoms with E-state index in [0.717, 1.165) is 17.7 Å². The van der Waals surface area contributed by atoms with E-state index >= 15 is 0 Å². The maximum absolute atomic E-state index is 12.7. The molecule has 1 aromatic heterocycles. The summed E-state index contributed by atoms with van der Waals surface area (Å²) in [6.07, 6.45) is 1.46. The number of thiophene rings is 1. The highest BCUT2D eigenvalue weighted by Crippen LogP contribution is 2.25. The van der Waals surface area contributed by atoms with Crippen LogP contribution in [0, 0.1) is 0 Å². The predicted octanol–water partition coefficient (Wildman–Crippen LogP) is 3.11. The summed E-state index contributed by atoms with van der Waals surface area (Å²) in [6.45, 7) is 0.934. The summed E-state index contributed by atoms with van der Waals surface area (Å²) in [5.41, 5.74) is 0.912. The van der Waals surface area contributed by atoms with Gasteiger partial charge in [-0.3, -0.25) is 4.79 Å². The van der Waals surface area contributed by atoms with Crippen molar-refractivity contribution in [1.29, 1.82) is 0 Å². The largest absolute Gasteiger partial charge is 0.497 e. The van der Waals surface area contributed by atoms with Crippen LogP contribution in [0.25, 0.3) is 0 Å². The highest BCUT2D eigenvalue weighted by Gasteiger charge is 2.35. The number of methoxy groups -OCH3 is 2. The fourth-order valence-corrected chi connectivity index (χ4v) is 3.81. The number of ether oxygens (including phenoxy) is 3. The molecule has 1 unspecified atom stereocenters. The zero-order valence-corrected chi connectivity index (χ0v) is 15.6. The third-order valence-electron chi connectivity index (χ3n) is 4.30. The minimum absolute atomic E-state index is 0.129. The second-order valence-electron chi connectivity index (χ2n) is 5.97. The summed E-state index contributed by atoms with van der Waals surface area (Å²) >= 11 is 1.36. The Bertz CT molecular complexity index is 788. The van der Waals surface area contributed by atoms with Crippen molar-refractivity contribution < 1.29 is 23.8 Å². The number of hydrogen-bond acceptors (Lipinski definition) is 6. The third-order valence-corrected chi connectivity index (χ3v) is 5.27. The molecule has 3 rings (SSSR count). The molecule has 26 heavy (non-hydrogen) atoms. The van der Waals surface area contributed by atoms with Crippen LogP contribution in [-0.4, -0.2) is 43.6 Å². The van der Waals surface area contributed by atoms with Gasteiger partial charge in [-0.2, -0.15) is 0 Å². The molecule has 1 atom stereocenters. The molecule has 7 heteroatoms. The molecule has 2 heterocycles. The highest BCUT2D eigenvalue weighted by atomic mass is 32.1. The fraction of sp³-hybridized carbons (Fsp3) is 0.368. The maximum Gasteiger partial charge on any atom is 0.328 e. The Morgan fingerprint density at radius 2 is 2.04 bits per heavy atom. The zero-order valence-electron chi connectivity index (χ0n) is 14.8. The minimum Gasteiger partial charge on any atom is -0.497 e. The molecule has 1 fully saturated rings. The molecule has 1 aliphatic rings. The molecule has 0 spiro atoms. The number of carbonyl (C=O) groups excluding carboxylic acids is 2. The van der Waals surface area contributed by atoms with E-state index in [0.29, 0.717) is 30.2 Å². The SMILES string of the molecule is COC(=O)C1CCCN1C(=O)c1cc(COc2cccc(OC)c2)cs1.